The van der Waals surface area contributed by atoms with Gasteiger partial charge in [0.25, 0.3) is 0 Å². The SMILES string of the molecule is CC(C)(C)CCCCCC(NC(C)(C)C)C(=O)NCCCCC(NC(=O)C(CCCCNC(C)(C)C)NC(C)(C)C)C(=O)NC(CCCCNC(=O)C(CCCCNC(=O)C(CCCCNC(C)(C)C)NC(C)(C)C)NC(=O)C(CCCCNC(C)(C)C)CC(C)(C)C)C(=O)C(C)(C)C. The monoisotopic (exact) mass is 1400 g/mol. The molecule has 0 aromatic rings. The van der Waals surface area contributed by atoms with Crippen molar-refractivity contribution >= 4 is 41.2 Å². The Labute approximate surface area is 607 Å². The molecule has 0 aromatic heterocycles. The molecule has 0 aromatic carbocycles. The Morgan fingerprint density at radius 1 is 0.253 bits per heavy atom. The summed E-state index contributed by atoms with van der Waals surface area (Å²) in [6.07, 6.45) is 17.2. The first kappa shape index (κ1) is 95.2. The van der Waals surface area contributed by atoms with Crippen molar-refractivity contribution in [3.8, 4) is 0 Å². The van der Waals surface area contributed by atoms with Crippen molar-refractivity contribution < 1.29 is 33.6 Å². The van der Waals surface area contributed by atoms with Crippen LogP contribution in [0.15, 0.2) is 0 Å². The predicted molar refractivity (Wildman–Crippen MR) is 416 cm³/mol. The van der Waals surface area contributed by atoms with Gasteiger partial charge in [0.05, 0.1) is 24.2 Å². The third kappa shape index (κ3) is 53.7. The second kappa shape index (κ2) is 45.5. The molecule has 12 N–H and O–H groups in total. The average Bonchev–Trinajstić information content (AvgIpc) is 0.861. The number of carbonyl (C=O) groups is 7. The summed E-state index contributed by atoms with van der Waals surface area (Å²) in [6.45, 7) is 60.1. The van der Waals surface area contributed by atoms with E-state index >= 15 is 0 Å². The summed E-state index contributed by atoms with van der Waals surface area (Å²) < 4.78 is 0. The molecule has 0 spiro atoms. The smallest absolute Gasteiger partial charge is 0.243 e. The van der Waals surface area contributed by atoms with Crippen molar-refractivity contribution in [2.75, 3.05) is 39.3 Å². The quantitative estimate of drug-likeness (QED) is 0.0253. The molecule has 0 fully saturated rings. The Kier molecular flexibility index (Phi) is 43.8. The average molecular weight is 1400 g/mol. The second-order valence-electron chi connectivity index (χ2n) is 38.6. The number of ketones is 1. The third-order valence-electron chi connectivity index (χ3n) is 17.0. The number of unbranched alkanes of at least 4 members (excludes halogenated alkanes) is 8. The summed E-state index contributed by atoms with van der Waals surface area (Å²) >= 11 is 0. The van der Waals surface area contributed by atoms with Crippen molar-refractivity contribution in [3.63, 3.8) is 0 Å². The molecule has 0 saturated carbocycles. The zero-order chi connectivity index (χ0) is 76.3. The maximum Gasteiger partial charge on any atom is 0.243 e. The van der Waals surface area contributed by atoms with E-state index in [0.717, 1.165) is 90.3 Å². The van der Waals surface area contributed by atoms with Gasteiger partial charge in [-0.1, -0.05) is 101 Å². The Hall–Kier alpha value is -3.75. The lowest BCUT2D eigenvalue weighted by molar-refractivity contribution is -0.135. The number of carbonyl (C=O) groups excluding carboxylic acids is 7. The Morgan fingerprint density at radius 2 is 0.525 bits per heavy atom. The summed E-state index contributed by atoms with van der Waals surface area (Å²) in [4.78, 5) is 100. The topological polar surface area (TPSA) is 264 Å². The number of nitrogens with one attached hydrogen (secondary N) is 12. The summed E-state index contributed by atoms with van der Waals surface area (Å²) in [5.41, 5.74) is -1.58. The van der Waals surface area contributed by atoms with Gasteiger partial charge in [0.15, 0.2) is 5.78 Å². The number of hydrogen-bond acceptors (Lipinski definition) is 13. The molecule has 0 aliphatic carbocycles. The van der Waals surface area contributed by atoms with Gasteiger partial charge in [0.2, 0.25) is 35.4 Å². The van der Waals surface area contributed by atoms with Crippen LogP contribution in [0, 0.1) is 22.2 Å². The second-order valence-corrected chi connectivity index (χ2v) is 38.6. The summed E-state index contributed by atoms with van der Waals surface area (Å²) in [5, 5.41) is 40.1. The fraction of sp³-hybridized carbons (Fsp3) is 0.912. The molecule has 99 heavy (non-hydrogen) atoms. The van der Waals surface area contributed by atoms with Crippen molar-refractivity contribution in [1.29, 1.82) is 0 Å². The van der Waals surface area contributed by atoms with E-state index in [1.807, 2.05) is 41.5 Å². The highest BCUT2D eigenvalue weighted by atomic mass is 16.2. The Morgan fingerprint density at radius 3 is 0.859 bits per heavy atom. The molecule has 0 saturated heterocycles. The van der Waals surface area contributed by atoms with Crippen LogP contribution in [-0.2, 0) is 33.6 Å². The zero-order valence-corrected chi connectivity index (χ0v) is 69.1. The van der Waals surface area contributed by atoms with Crippen LogP contribution in [-0.4, -0.2) is 150 Å². The van der Waals surface area contributed by atoms with E-state index in [4.69, 9.17) is 0 Å². The first-order valence-electron chi connectivity index (χ1n) is 39.0. The zero-order valence-electron chi connectivity index (χ0n) is 69.1. The molecule has 0 bridgehead atoms. The van der Waals surface area contributed by atoms with Gasteiger partial charge in [-0.05, 0) is 271 Å². The minimum Gasteiger partial charge on any atom is -0.355 e. The minimum absolute atomic E-state index is 0.00530. The maximum atomic E-state index is 14.8. The van der Waals surface area contributed by atoms with E-state index in [2.05, 4.69) is 209 Å². The molecule has 0 rings (SSSR count). The lowest BCUT2D eigenvalue weighted by Gasteiger charge is -2.31. The Bertz CT molecular complexity index is 2300. The molecule has 0 aliphatic rings. The summed E-state index contributed by atoms with van der Waals surface area (Å²) in [5.74, 6) is -1.67. The summed E-state index contributed by atoms with van der Waals surface area (Å²) in [6, 6.07) is -3.92. The highest BCUT2D eigenvalue weighted by Gasteiger charge is 2.35. The molecule has 7 atom stereocenters. The van der Waals surface area contributed by atoms with Crippen LogP contribution in [0.25, 0.3) is 0 Å². The van der Waals surface area contributed by atoms with Gasteiger partial charge in [0.1, 0.15) is 12.1 Å². The van der Waals surface area contributed by atoms with Crippen molar-refractivity contribution in [1.82, 2.24) is 63.8 Å². The van der Waals surface area contributed by atoms with E-state index in [0.29, 0.717) is 90.1 Å². The fourth-order valence-electron chi connectivity index (χ4n) is 12.1. The Balaban J connectivity index is 6.74. The maximum absolute atomic E-state index is 14.8. The van der Waals surface area contributed by atoms with Gasteiger partial charge >= 0.3 is 0 Å². The largest absolute Gasteiger partial charge is 0.355 e. The molecule has 0 radical (unpaired) electrons. The van der Waals surface area contributed by atoms with Crippen LogP contribution >= 0.6 is 0 Å². The number of amides is 6. The molecule has 19 nitrogen and oxygen atoms in total. The van der Waals surface area contributed by atoms with Gasteiger partial charge in [-0.25, -0.2) is 0 Å². The number of hydrogen-bond donors (Lipinski definition) is 12. The van der Waals surface area contributed by atoms with Crippen molar-refractivity contribution in [2.24, 2.45) is 22.2 Å². The van der Waals surface area contributed by atoms with E-state index < -0.39 is 41.0 Å². The minimum atomic E-state index is -0.964. The van der Waals surface area contributed by atoms with Gasteiger partial charge in [0, 0.05) is 64.2 Å². The number of rotatable bonds is 49. The normalized spacial score (nSPS) is 15.3. The van der Waals surface area contributed by atoms with E-state index in [9.17, 15) is 33.6 Å². The molecular weight excluding hydrogens is 1240 g/mol. The summed E-state index contributed by atoms with van der Waals surface area (Å²) in [7, 11) is 0. The molecule has 19 heteroatoms. The van der Waals surface area contributed by atoms with E-state index in [1.165, 1.54) is 0 Å². The van der Waals surface area contributed by atoms with Gasteiger partial charge in [-0.3, -0.25) is 33.6 Å². The van der Waals surface area contributed by atoms with Crippen LogP contribution in [0.4, 0.5) is 0 Å². The fourth-order valence-corrected chi connectivity index (χ4v) is 12.1. The lowest BCUT2D eigenvalue weighted by Crippen LogP contribution is -2.57. The van der Waals surface area contributed by atoms with Crippen LogP contribution in [0.2, 0.25) is 0 Å². The number of Topliss-reactive ketones (excluding diaryl/α,β-unsaturated/α-hetero) is 1. The van der Waals surface area contributed by atoms with Gasteiger partial charge < -0.3 is 63.8 Å². The first-order chi connectivity index (χ1) is 45.2. The van der Waals surface area contributed by atoms with Gasteiger partial charge in [-0.2, -0.15) is 0 Å². The first-order valence-corrected chi connectivity index (χ1v) is 39.0. The molecule has 0 aliphatic heterocycles. The van der Waals surface area contributed by atoms with Crippen LogP contribution in [0.1, 0.15) is 341 Å². The van der Waals surface area contributed by atoms with Gasteiger partial charge in [-0.15, -0.1) is 0 Å². The van der Waals surface area contributed by atoms with E-state index in [-0.39, 0.29) is 105 Å². The molecule has 6 amide bonds. The predicted octanol–water partition coefficient (Wildman–Crippen LogP) is 12.9. The molecular formula is C80H160N12O7. The highest BCUT2D eigenvalue weighted by Crippen LogP contribution is 2.29. The highest BCUT2D eigenvalue weighted by molar-refractivity contribution is 5.95. The van der Waals surface area contributed by atoms with E-state index in [1.54, 1.807) is 0 Å². The molecule has 0 heterocycles. The molecule has 582 valence electrons. The molecule has 7 unspecified atom stereocenters. The van der Waals surface area contributed by atoms with Crippen LogP contribution < -0.4 is 63.8 Å². The standard InChI is InChI=1S/C80H160N12O7/c1-72(2,3)50-36-28-29-47-62(90-78(19,20)21)68(96)82-53-39-33-46-61(89-71(99)64(92-80(25,26)27)49-35-42-56-86-77(16,17)18)70(98)87-59(65(93)74(7,8)9)44-31-37-51-81-67(95)60(88-66(94)58(57-73(4,5)6)43-30-40-54-84-75(10,11)12)45-32-38-52-83-69(97)63(91-79(22,23)24)48-34-41-55-85-76(13,14)15/h58-64,84-86,90-92H,28-57H2,1-27H3,(H,81,95)(H,82,96)(H,83,97)(H,87,98)(H,88,94)(H,89,99). The van der Waals surface area contributed by atoms with Crippen LogP contribution in [0.5, 0.6) is 0 Å². The van der Waals surface area contributed by atoms with Crippen molar-refractivity contribution in [3.05, 3.63) is 0 Å². The lowest BCUT2D eigenvalue weighted by atomic mass is 9.82. The van der Waals surface area contributed by atoms with Crippen LogP contribution in [0.3, 0.4) is 0 Å². The van der Waals surface area contributed by atoms with Crippen molar-refractivity contribution in [2.45, 2.75) is 411 Å². The third-order valence-corrected chi connectivity index (χ3v) is 17.0.